The number of aromatic nitrogens is 3. The minimum absolute atomic E-state index is 0.0195. The van der Waals surface area contributed by atoms with E-state index in [2.05, 4.69) is 22.4 Å². The van der Waals surface area contributed by atoms with Crippen LogP contribution in [0.4, 0.5) is 0 Å². The zero-order valence-corrected chi connectivity index (χ0v) is 15.0. The molecule has 24 heavy (non-hydrogen) atoms. The third kappa shape index (κ3) is 5.26. The summed E-state index contributed by atoms with van der Waals surface area (Å²) >= 11 is 1.37. The topological polar surface area (TPSA) is 69.0 Å². The molecule has 1 aromatic carbocycles. The number of amides is 1. The molecule has 0 spiro atoms. The van der Waals surface area contributed by atoms with Crippen LogP contribution in [0.15, 0.2) is 35.7 Å². The number of carbonyl (C=O) groups excluding carboxylic acids is 1. The Labute approximate surface area is 147 Å². The highest BCUT2D eigenvalue weighted by atomic mass is 32.2. The SMILES string of the molecule is CCCCCCNC(=O)CSc1nncn1-c1ccccc1OC. The lowest BCUT2D eigenvalue weighted by molar-refractivity contribution is -0.118. The van der Waals surface area contributed by atoms with Gasteiger partial charge in [-0.15, -0.1) is 10.2 Å². The normalized spacial score (nSPS) is 10.6. The van der Waals surface area contributed by atoms with Gasteiger partial charge in [-0.1, -0.05) is 50.1 Å². The largest absolute Gasteiger partial charge is 0.495 e. The second-order valence-corrected chi connectivity index (χ2v) is 6.30. The van der Waals surface area contributed by atoms with E-state index in [1.807, 2.05) is 28.8 Å². The van der Waals surface area contributed by atoms with Crippen molar-refractivity contribution < 1.29 is 9.53 Å². The second kappa shape index (κ2) is 9.97. The van der Waals surface area contributed by atoms with Crippen molar-refractivity contribution >= 4 is 17.7 Å². The molecule has 0 saturated heterocycles. The van der Waals surface area contributed by atoms with Crippen LogP contribution in [0.3, 0.4) is 0 Å². The van der Waals surface area contributed by atoms with Crippen molar-refractivity contribution in [3.8, 4) is 11.4 Å². The molecule has 1 N–H and O–H groups in total. The summed E-state index contributed by atoms with van der Waals surface area (Å²) in [6, 6.07) is 7.65. The lowest BCUT2D eigenvalue weighted by Crippen LogP contribution is -2.26. The number of methoxy groups -OCH3 is 1. The quantitative estimate of drug-likeness (QED) is 0.528. The average Bonchev–Trinajstić information content (AvgIpc) is 3.08. The number of unbranched alkanes of at least 4 members (excludes halogenated alkanes) is 3. The molecule has 2 aromatic rings. The van der Waals surface area contributed by atoms with Crippen LogP contribution in [0.25, 0.3) is 5.69 Å². The van der Waals surface area contributed by atoms with Gasteiger partial charge in [-0.25, -0.2) is 0 Å². The first-order valence-electron chi connectivity index (χ1n) is 8.19. The van der Waals surface area contributed by atoms with Crippen molar-refractivity contribution in [3.63, 3.8) is 0 Å². The minimum atomic E-state index is 0.0195. The summed E-state index contributed by atoms with van der Waals surface area (Å²) < 4.78 is 7.20. The van der Waals surface area contributed by atoms with Crippen LogP contribution in [0.2, 0.25) is 0 Å². The maximum atomic E-state index is 11.9. The van der Waals surface area contributed by atoms with Gasteiger partial charge in [0, 0.05) is 6.54 Å². The molecule has 0 atom stereocenters. The molecule has 0 bridgehead atoms. The number of para-hydroxylation sites is 2. The number of nitrogens with one attached hydrogen (secondary N) is 1. The molecule has 1 heterocycles. The van der Waals surface area contributed by atoms with Crippen LogP contribution in [0.1, 0.15) is 32.6 Å². The van der Waals surface area contributed by atoms with Crippen molar-refractivity contribution in [1.82, 2.24) is 20.1 Å². The molecule has 7 heteroatoms. The van der Waals surface area contributed by atoms with E-state index in [4.69, 9.17) is 4.74 Å². The highest BCUT2D eigenvalue weighted by Crippen LogP contribution is 2.26. The number of nitrogens with zero attached hydrogens (tertiary/aromatic N) is 3. The van der Waals surface area contributed by atoms with E-state index in [0.717, 1.165) is 30.8 Å². The van der Waals surface area contributed by atoms with Crippen molar-refractivity contribution in [1.29, 1.82) is 0 Å². The fraction of sp³-hybridized carbons (Fsp3) is 0.471. The monoisotopic (exact) mass is 348 g/mol. The van der Waals surface area contributed by atoms with E-state index < -0.39 is 0 Å². The van der Waals surface area contributed by atoms with Gasteiger partial charge in [-0.05, 0) is 18.6 Å². The first-order chi connectivity index (χ1) is 11.8. The molecule has 1 amide bonds. The van der Waals surface area contributed by atoms with Crippen molar-refractivity contribution in [2.24, 2.45) is 0 Å². The van der Waals surface area contributed by atoms with Crippen LogP contribution in [0.5, 0.6) is 5.75 Å². The van der Waals surface area contributed by atoms with Gasteiger partial charge < -0.3 is 10.1 Å². The van der Waals surface area contributed by atoms with Crippen LogP contribution in [-0.2, 0) is 4.79 Å². The standard InChI is InChI=1S/C17H24N4O2S/c1-3-4-5-8-11-18-16(22)12-24-17-20-19-13-21(17)14-9-6-7-10-15(14)23-2/h6-7,9-10,13H,3-5,8,11-12H2,1-2H3,(H,18,22). The molecule has 0 unspecified atom stereocenters. The van der Waals surface area contributed by atoms with E-state index in [0.29, 0.717) is 10.9 Å². The Kier molecular flexibility index (Phi) is 7.61. The van der Waals surface area contributed by atoms with Crippen LogP contribution in [0, 0.1) is 0 Å². The van der Waals surface area contributed by atoms with Crippen LogP contribution >= 0.6 is 11.8 Å². The number of benzene rings is 1. The summed E-state index contributed by atoms with van der Waals surface area (Å²) in [4.78, 5) is 11.9. The van der Waals surface area contributed by atoms with E-state index >= 15 is 0 Å². The van der Waals surface area contributed by atoms with E-state index in [1.54, 1.807) is 13.4 Å². The van der Waals surface area contributed by atoms with Gasteiger partial charge in [0.25, 0.3) is 0 Å². The van der Waals surface area contributed by atoms with Gasteiger partial charge in [0.05, 0.1) is 18.6 Å². The molecule has 1 aromatic heterocycles. The van der Waals surface area contributed by atoms with Crippen LogP contribution in [-0.4, -0.2) is 40.1 Å². The van der Waals surface area contributed by atoms with Gasteiger partial charge in [0.1, 0.15) is 12.1 Å². The Morgan fingerprint density at radius 1 is 1.29 bits per heavy atom. The Hall–Kier alpha value is -2.02. The highest BCUT2D eigenvalue weighted by Gasteiger charge is 2.12. The molecule has 0 aliphatic rings. The van der Waals surface area contributed by atoms with Gasteiger partial charge in [0.15, 0.2) is 5.16 Å². The molecule has 0 saturated carbocycles. The third-order valence-electron chi connectivity index (χ3n) is 3.55. The zero-order chi connectivity index (χ0) is 17.2. The Bertz CT molecular complexity index is 645. The minimum Gasteiger partial charge on any atom is -0.495 e. The Balaban J connectivity index is 1.88. The second-order valence-electron chi connectivity index (χ2n) is 5.35. The molecule has 6 nitrogen and oxygen atoms in total. The number of rotatable bonds is 10. The van der Waals surface area contributed by atoms with Gasteiger partial charge in [0.2, 0.25) is 5.91 Å². The number of carbonyl (C=O) groups is 1. The van der Waals surface area contributed by atoms with E-state index in [1.165, 1.54) is 24.6 Å². The fourth-order valence-electron chi connectivity index (χ4n) is 2.28. The maximum absolute atomic E-state index is 11.9. The number of hydrogen-bond donors (Lipinski definition) is 1. The smallest absolute Gasteiger partial charge is 0.230 e. The molecule has 0 radical (unpaired) electrons. The number of thioether (sulfide) groups is 1. The van der Waals surface area contributed by atoms with Gasteiger partial charge in [-0.3, -0.25) is 9.36 Å². The molecule has 0 aliphatic heterocycles. The lowest BCUT2D eigenvalue weighted by atomic mass is 10.2. The van der Waals surface area contributed by atoms with E-state index in [-0.39, 0.29) is 5.91 Å². The van der Waals surface area contributed by atoms with E-state index in [9.17, 15) is 4.79 Å². The third-order valence-corrected chi connectivity index (χ3v) is 4.49. The summed E-state index contributed by atoms with van der Waals surface area (Å²) in [7, 11) is 1.63. The van der Waals surface area contributed by atoms with Crippen LogP contribution < -0.4 is 10.1 Å². The van der Waals surface area contributed by atoms with Gasteiger partial charge in [-0.2, -0.15) is 0 Å². The lowest BCUT2D eigenvalue weighted by Gasteiger charge is -2.10. The van der Waals surface area contributed by atoms with Gasteiger partial charge >= 0.3 is 0 Å². The molecule has 2 rings (SSSR count). The summed E-state index contributed by atoms with van der Waals surface area (Å²) in [6.45, 7) is 2.91. The highest BCUT2D eigenvalue weighted by molar-refractivity contribution is 7.99. The summed E-state index contributed by atoms with van der Waals surface area (Å²) in [5.41, 5.74) is 0.854. The predicted octanol–water partition coefficient (Wildman–Crippen LogP) is 3.06. The molecule has 130 valence electrons. The number of hydrogen-bond acceptors (Lipinski definition) is 5. The summed E-state index contributed by atoms with van der Waals surface area (Å²) in [5, 5.41) is 11.7. The summed E-state index contributed by atoms with van der Waals surface area (Å²) in [5.74, 6) is 1.08. The first kappa shape index (κ1) is 18.3. The van der Waals surface area contributed by atoms with Crippen molar-refractivity contribution in [2.45, 2.75) is 37.8 Å². The fourth-order valence-corrected chi connectivity index (χ4v) is 3.03. The Morgan fingerprint density at radius 2 is 2.12 bits per heavy atom. The van der Waals surface area contributed by atoms with Crippen molar-refractivity contribution in [2.75, 3.05) is 19.4 Å². The molecular formula is C17H24N4O2S. The maximum Gasteiger partial charge on any atom is 0.230 e. The predicted molar refractivity (Wildman–Crippen MR) is 95.8 cm³/mol. The zero-order valence-electron chi connectivity index (χ0n) is 14.2. The first-order valence-corrected chi connectivity index (χ1v) is 9.17. The average molecular weight is 348 g/mol. The molecular weight excluding hydrogens is 324 g/mol. The molecule has 0 fully saturated rings. The number of ether oxygens (including phenoxy) is 1. The molecule has 0 aliphatic carbocycles. The van der Waals surface area contributed by atoms with Crippen molar-refractivity contribution in [3.05, 3.63) is 30.6 Å². The summed E-state index contributed by atoms with van der Waals surface area (Å²) in [6.07, 6.45) is 6.23. The Morgan fingerprint density at radius 3 is 2.92 bits per heavy atom.